The third-order valence-corrected chi connectivity index (χ3v) is 2.65. The van der Waals surface area contributed by atoms with Crippen LogP contribution in [-0.4, -0.2) is 38.2 Å². The molecular formula is C12H16N2O5. The van der Waals surface area contributed by atoms with Crippen LogP contribution >= 0.6 is 0 Å². The maximum absolute atomic E-state index is 11.3. The SMILES string of the molecule is CCN(CC(=O)OC)c1cc(OC)ccc1[N+](=O)[O-]. The van der Waals surface area contributed by atoms with Crippen molar-refractivity contribution < 1.29 is 19.2 Å². The number of methoxy groups -OCH3 is 2. The number of esters is 1. The largest absolute Gasteiger partial charge is 0.497 e. The first-order valence-corrected chi connectivity index (χ1v) is 5.67. The van der Waals surface area contributed by atoms with Crippen molar-refractivity contribution >= 4 is 17.3 Å². The second-order valence-corrected chi connectivity index (χ2v) is 3.70. The molecular weight excluding hydrogens is 252 g/mol. The molecule has 0 unspecified atom stereocenters. The molecule has 0 amide bonds. The Hall–Kier alpha value is -2.31. The summed E-state index contributed by atoms with van der Waals surface area (Å²) in [6, 6.07) is 4.40. The number of rotatable bonds is 6. The summed E-state index contributed by atoms with van der Waals surface area (Å²) in [7, 11) is 2.75. The van der Waals surface area contributed by atoms with Gasteiger partial charge < -0.3 is 14.4 Å². The predicted molar refractivity (Wildman–Crippen MR) is 69.6 cm³/mol. The highest BCUT2D eigenvalue weighted by atomic mass is 16.6. The average Bonchev–Trinajstić information content (AvgIpc) is 2.43. The van der Waals surface area contributed by atoms with E-state index < -0.39 is 10.9 Å². The summed E-state index contributed by atoms with van der Waals surface area (Å²) < 4.78 is 9.63. The first-order chi connectivity index (χ1) is 9.03. The van der Waals surface area contributed by atoms with Crippen molar-refractivity contribution in [3.63, 3.8) is 0 Å². The van der Waals surface area contributed by atoms with Gasteiger partial charge in [0.15, 0.2) is 0 Å². The van der Waals surface area contributed by atoms with Gasteiger partial charge in [0.2, 0.25) is 0 Å². The summed E-state index contributed by atoms with van der Waals surface area (Å²) in [5.74, 6) is 0.0304. The number of likely N-dealkylation sites (N-methyl/N-ethyl adjacent to an activating group) is 1. The number of carbonyl (C=O) groups excluding carboxylic acids is 1. The zero-order chi connectivity index (χ0) is 14.4. The van der Waals surface area contributed by atoms with Crippen LogP contribution in [0.15, 0.2) is 18.2 Å². The second kappa shape index (κ2) is 6.58. The number of benzene rings is 1. The number of carbonyl (C=O) groups is 1. The lowest BCUT2D eigenvalue weighted by Crippen LogP contribution is -2.30. The van der Waals surface area contributed by atoms with Gasteiger partial charge in [-0.1, -0.05) is 0 Å². The summed E-state index contributed by atoms with van der Waals surface area (Å²) in [5.41, 5.74) is 0.254. The first-order valence-electron chi connectivity index (χ1n) is 5.67. The number of hydrogen-bond acceptors (Lipinski definition) is 6. The Kier molecular flexibility index (Phi) is 5.11. The van der Waals surface area contributed by atoms with E-state index in [1.807, 2.05) is 0 Å². The van der Waals surface area contributed by atoms with E-state index in [1.165, 1.54) is 32.4 Å². The van der Waals surface area contributed by atoms with Gasteiger partial charge in [-0.3, -0.25) is 14.9 Å². The molecule has 0 radical (unpaired) electrons. The molecule has 0 aliphatic carbocycles. The van der Waals surface area contributed by atoms with Gasteiger partial charge in [0.25, 0.3) is 5.69 Å². The maximum Gasteiger partial charge on any atom is 0.325 e. The molecule has 0 bridgehead atoms. The molecule has 7 heteroatoms. The van der Waals surface area contributed by atoms with Crippen molar-refractivity contribution in [3.05, 3.63) is 28.3 Å². The highest BCUT2D eigenvalue weighted by Gasteiger charge is 2.21. The smallest absolute Gasteiger partial charge is 0.325 e. The summed E-state index contributed by atoms with van der Waals surface area (Å²) in [4.78, 5) is 23.4. The summed E-state index contributed by atoms with van der Waals surface area (Å²) >= 11 is 0. The lowest BCUT2D eigenvalue weighted by molar-refractivity contribution is -0.384. The van der Waals surface area contributed by atoms with E-state index in [-0.39, 0.29) is 12.2 Å². The van der Waals surface area contributed by atoms with Gasteiger partial charge in [-0.2, -0.15) is 0 Å². The minimum Gasteiger partial charge on any atom is -0.497 e. The van der Waals surface area contributed by atoms with Gasteiger partial charge in [-0.15, -0.1) is 0 Å². The lowest BCUT2D eigenvalue weighted by Gasteiger charge is -2.21. The fourth-order valence-corrected chi connectivity index (χ4v) is 1.63. The molecule has 1 aromatic carbocycles. The fourth-order valence-electron chi connectivity index (χ4n) is 1.63. The Morgan fingerprint density at radius 2 is 2.11 bits per heavy atom. The van der Waals surface area contributed by atoms with E-state index in [2.05, 4.69) is 4.74 Å². The number of nitro groups is 1. The van der Waals surface area contributed by atoms with Crippen LogP contribution in [0.2, 0.25) is 0 Å². The minimum absolute atomic E-state index is 0.0546. The van der Waals surface area contributed by atoms with Gasteiger partial charge in [-0.05, 0) is 13.0 Å². The van der Waals surface area contributed by atoms with Crippen LogP contribution in [0, 0.1) is 10.1 Å². The lowest BCUT2D eigenvalue weighted by atomic mass is 10.2. The number of hydrogen-bond donors (Lipinski definition) is 0. The van der Waals surface area contributed by atoms with Gasteiger partial charge >= 0.3 is 5.97 Å². The molecule has 0 saturated carbocycles. The van der Waals surface area contributed by atoms with Crippen LogP contribution in [0.1, 0.15) is 6.92 Å². The third-order valence-electron chi connectivity index (χ3n) is 2.65. The Labute approximate surface area is 110 Å². The highest BCUT2D eigenvalue weighted by molar-refractivity contribution is 5.78. The zero-order valence-electron chi connectivity index (χ0n) is 11.1. The molecule has 0 N–H and O–H groups in total. The summed E-state index contributed by atoms with van der Waals surface area (Å²) in [6.45, 7) is 2.18. The molecule has 0 aliphatic heterocycles. The van der Waals surface area contributed by atoms with Crippen molar-refractivity contribution in [2.45, 2.75) is 6.92 Å². The Bertz CT molecular complexity index is 475. The predicted octanol–water partition coefficient (Wildman–Crippen LogP) is 1.60. The molecule has 0 heterocycles. The molecule has 0 aliphatic rings. The molecule has 0 aromatic heterocycles. The Morgan fingerprint density at radius 1 is 1.42 bits per heavy atom. The van der Waals surface area contributed by atoms with Gasteiger partial charge in [0.05, 0.1) is 19.1 Å². The quantitative estimate of drug-likeness (QED) is 0.443. The van der Waals surface area contributed by atoms with E-state index >= 15 is 0 Å². The van der Waals surface area contributed by atoms with E-state index in [0.29, 0.717) is 18.0 Å². The van der Waals surface area contributed by atoms with Crippen LogP contribution in [0.3, 0.4) is 0 Å². The highest BCUT2D eigenvalue weighted by Crippen LogP contribution is 2.31. The standard InChI is InChI=1S/C12H16N2O5/c1-4-13(8-12(15)19-3)11-7-9(18-2)5-6-10(11)14(16)17/h5-7H,4,8H2,1-3H3. The fraction of sp³-hybridized carbons (Fsp3) is 0.417. The molecule has 0 fully saturated rings. The van der Waals surface area contributed by atoms with Crippen LogP contribution < -0.4 is 9.64 Å². The van der Waals surface area contributed by atoms with E-state index in [4.69, 9.17) is 4.74 Å². The van der Waals surface area contributed by atoms with Crippen LogP contribution in [-0.2, 0) is 9.53 Å². The Morgan fingerprint density at radius 3 is 2.58 bits per heavy atom. The number of ether oxygens (including phenoxy) is 2. The summed E-state index contributed by atoms with van der Waals surface area (Å²) in [6.07, 6.45) is 0. The van der Waals surface area contributed by atoms with E-state index in [9.17, 15) is 14.9 Å². The average molecular weight is 268 g/mol. The van der Waals surface area contributed by atoms with Gasteiger partial charge in [0.1, 0.15) is 18.0 Å². The molecule has 0 atom stereocenters. The monoisotopic (exact) mass is 268 g/mol. The van der Waals surface area contributed by atoms with Crippen molar-refractivity contribution in [2.24, 2.45) is 0 Å². The van der Waals surface area contributed by atoms with Crippen LogP contribution in [0.4, 0.5) is 11.4 Å². The topological polar surface area (TPSA) is 81.9 Å². The maximum atomic E-state index is 11.3. The van der Waals surface area contributed by atoms with Crippen molar-refractivity contribution in [1.82, 2.24) is 0 Å². The first kappa shape index (κ1) is 14.7. The van der Waals surface area contributed by atoms with Gasteiger partial charge in [-0.25, -0.2) is 0 Å². The van der Waals surface area contributed by atoms with Gasteiger partial charge in [0, 0.05) is 18.7 Å². The zero-order valence-corrected chi connectivity index (χ0v) is 11.1. The molecule has 0 spiro atoms. The van der Waals surface area contributed by atoms with E-state index in [0.717, 1.165) is 0 Å². The van der Waals surface area contributed by atoms with E-state index in [1.54, 1.807) is 11.8 Å². The number of nitro benzene ring substituents is 1. The molecule has 104 valence electrons. The molecule has 1 rings (SSSR count). The third kappa shape index (κ3) is 3.57. The summed E-state index contributed by atoms with van der Waals surface area (Å²) in [5, 5.41) is 11.0. The normalized spacial score (nSPS) is 9.84. The van der Waals surface area contributed by atoms with Crippen molar-refractivity contribution in [3.8, 4) is 5.75 Å². The van der Waals surface area contributed by atoms with Crippen molar-refractivity contribution in [2.75, 3.05) is 32.2 Å². The minimum atomic E-state index is -0.491. The second-order valence-electron chi connectivity index (χ2n) is 3.70. The molecule has 7 nitrogen and oxygen atoms in total. The van der Waals surface area contributed by atoms with Crippen LogP contribution in [0.5, 0.6) is 5.75 Å². The Balaban J connectivity index is 3.18. The van der Waals surface area contributed by atoms with Crippen LogP contribution in [0.25, 0.3) is 0 Å². The number of anilines is 1. The molecule has 1 aromatic rings. The van der Waals surface area contributed by atoms with Crippen molar-refractivity contribution in [1.29, 1.82) is 0 Å². The molecule has 19 heavy (non-hydrogen) atoms. The number of nitrogens with zero attached hydrogens (tertiary/aromatic N) is 2. The molecule has 0 saturated heterocycles.